The molecule has 8 heteroatoms. The number of hydrogen-bond acceptors (Lipinski definition) is 3. The summed E-state index contributed by atoms with van der Waals surface area (Å²) in [6.45, 7) is 2.20. The fourth-order valence-electron chi connectivity index (χ4n) is 6.34. The van der Waals surface area contributed by atoms with Gasteiger partial charge in [0.25, 0.3) is 5.91 Å². The highest BCUT2D eigenvalue weighted by Gasteiger charge is 2.54. The van der Waals surface area contributed by atoms with Gasteiger partial charge in [-0.1, -0.05) is 47.8 Å². The molecule has 3 aliphatic carbocycles. The summed E-state index contributed by atoms with van der Waals surface area (Å²) < 4.78 is 16.9. The number of carbonyl (C=O) groups is 1. The smallest absolute Gasteiger partial charge is 0.254 e. The lowest BCUT2D eigenvalue weighted by Gasteiger charge is -2.36. The third-order valence-electron chi connectivity index (χ3n) is 7.81. The van der Waals surface area contributed by atoms with Crippen molar-refractivity contribution in [1.82, 2.24) is 14.9 Å². The monoisotopic (exact) mass is 498 g/mol. The fourth-order valence-corrected chi connectivity index (χ4v) is 6.84. The van der Waals surface area contributed by atoms with Gasteiger partial charge in [-0.2, -0.15) is 0 Å². The molecule has 34 heavy (non-hydrogen) atoms. The molecule has 4 atom stereocenters. The first kappa shape index (κ1) is 21.9. The van der Waals surface area contributed by atoms with Crippen molar-refractivity contribution in [2.24, 2.45) is 24.8 Å². The molecule has 2 aromatic carbocycles. The Morgan fingerprint density at radius 2 is 1.97 bits per heavy atom. The highest BCUT2D eigenvalue weighted by molar-refractivity contribution is 6.39. The molecule has 2 fully saturated rings. The quantitative estimate of drug-likeness (QED) is 0.397. The van der Waals surface area contributed by atoms with Crippen LogP contribution in [0.15, 0.2) is 42.0 Å². The summed E-state index contributed by atoms with van der Waals surface area (Å²) in [5, 5.41) is 7.28. The molecule has 0 aliphatic heterocycles. The van der Waals surface area contributed by atoms with E-state index in [4.69, 9.17) is 23.2 Å². The lowest BCUT2D eigenvalue weighted by molar-refractivity contribution is 0.0883. The van der Waals surface area contributed by atoms with Crippen LogP contribution in [0.2, 0.25) is 10.0 Å². The maximum absolute atomic E-state index is 15.2. The van der Waals surface area contributed by atoms with Crippen molar-refractivity contribution in [1.29, 1.82) is 0 Å². The normalized spacial score (nSPS) is 27.2. The predicted octanol–water partition coefficient (Wildman–Crippen LogP) is 6.63. The molecule has 1 aromatic heterocycles. The van der Waals surface area contributed by atoms with E-state index in [-0.39, 0.29) is 17.0 Å². The average Bonchev–Trinajstić information content (AvgIpc) is 3.18. The number of imidazole rings is 1. The van der Waals surface area contributed by atoms with Crippen LogP contribution < -0.4 is 10.6 Å². The molecule has 5 nitrogen and oxygen atoms in total. The van der Waals surface area contributed by atoms with Crippen molar-refractivity contribution < 1.29 is 9.18 Å². The Bertz CT molecular complexity index is 1360. The first-order chi connectivity index (χ1) is 16.2. The number of nitrogens with zero attached hydrogens (tertiary/aromatic N) is 2. The Morgan fingerprint density at radius 1 is 1.21 bits per heavy atom. The molecule has 0 saturated heterocycles. The molecule has 2 N–H and O–H groups in total. The van der Waals surface area contributed by atoms with Gasteiger partial charge in [0.1, 0.15) is 5.82 Å². The number of nitrogens with one attached hydrogen (secondary N) is 2. The van der Waals surface area contributed by atoms with E-state index in [9.17, 15) is 4.79 Å². The van der Waals surface area contributed by atoms with Crippen LogP contribution in [-0.2, 0) is 7.05 Å². The number of fused-ring (bicyclic) bond motifs is 2. The van der Waals surface area contributed by atoms with Gasteiger partial charge in [-0.3, -0.25) is 4.79 Å². The minimum Gasteiger partial charge on any atom is -0.346 e. The van der Waals surface area contributed by atoms with Crippen molar-refractivity contribution in [2.45, 2.75) is 38.1 Å². The van der Waals surface area contributed by atoms with Gasteiger partial charge in [0.05, 0.1) is 32.3 Å². The number of allylic oxidation sites excluding steroid dienone is 2. The number of halogens is 3. The zero-order valence-corrected chi connectivity index (χ0v) is 20.5. The van der Waals surface area contributed by atoms with Crippen LogP contribution in [0.4, 0.5) is 16.0 Å². The van der Waals surface area contributed by atoms with Crippen molar-refractivity contribution in [3.05, 3.63) is 63.4 Å². The first-order valence-electron chi connectivity index (χ1n) is 11.6. The van der Waals surface area contributed by atoms with Crippen molar-refractivity contribution in [2.75, 3.05) is 5.32 Å². The Morgan fingerprint density at radius 3 is 2.74 bits per heavy atom. The minimum absolute atomic E-state index is 0.0200. The SMILES string of the molecule is CC1C=C2CC3CC(NC(=O)c4cc5nc(Nc6c(Cl)cccc6Cl)n(C)c5cc4F)(C1)CC23. The Hall–Kier alpha value is -2.57. The van der Waals surface area contributed by atoms with Crippen molar-refractivity contribution >= 4 is 51.8 Å². The second-order valence-electron chi connectivity index (χ2n) is 10.2. The van der Waals surface area contributed by atoms with Crippen LogP contribution in [0, 0.1) is 23.6 Å². The van der Waals surface area contributed by atoms with Gasteiger partial charge >= 0.3 is 0 Å². The molecule has 4 unspecified atom stereocenters. The topological polar surface area (TPSA) is 59.0 Å². The largest absolute Gasteiger partial charge is 0.346 e. The van der Waals surface area contributed by atoms with E-state index in [0.717, 1.165) is 25.7 Å². The summed E-state index contributed by atoms with van der Waals surface area (Å²) in [5.74, 6) is 1.16. The van der Waals surface area contributed by atoms with Crippen LogP contribution in [-0.4, -0.2) is 21.0 Å². The zero-order valence-electron chi connectivity index (χ0n) is 19.0. The molecule has 3 aliphatic rings. The highest BCUT2D eigenvalue weighted by Crippen LogP contribution is 2.58. The van der Waals surface area contributed by atoms with Crippen molar-refractivity contribution in [3.63, 3.8) is 0 Å². The lowest BCUT2D eigenvalue weighted by Crippen LogP contribution is -2.47. The summed E-state index contributed by atoms with van der Waals surface area (Å²) in [4.78, 5) is 17.9. The number of aryl methyl sites for hydroxylation is 1. The number of para-hydroxylation sites is 1. The van der Waals surface area contributed by atoms with E-state index < -0.39 is 5.82 Å². The first-order valence-corrected chi connectivity index (χ1v) is 12.4. The number of hydrogen-bond donors (Lipinski definition) is 2. The number of aromatic nitrogens is 2. The van der Waals surface area contributed by atoms with Gasteiger partial charge in [0, 0.05) is 18.7 Å². The van der Waals surface area contributed by atoms with Gasteiger partial charge in [-0.05, 0) is 61.6 Å². The average molecular weight is 499 g/mol. The second-order valence-corrected chi connectivity index (χ2v) is 11.0. The van der Waals surface area contributed by atoms with E-state index in [1.807, 2.05) is 0 Å². The van der Waals surface area contributed by atoms with E-state index in [1.165, 1.54) is 12.1 Å². The Balaban J connectivity index is 1.31. The van der Waals surface area contributed by atoms with Crippen LogP contribution in [0.5, 0.6) is 0 Å². The van der Waals surface area contributed by atoms with Gasteiger partial charge in [-0.25, -0.2) is 9.37 Å². The maximum atomic E-state index is 15.2. The van der Waals surface area contributed by atoms with Gasteiger partial charge in [0.15, 0.2) is 0 Å². The summed E-state index contributed by atoms with van der Waals surface area (Å²) in [5.41, 5.74) is 2.90. The maximum Gasteiger partial charge on any atom is 0.254 e. The summed E-state index contributed by atoms with van der Waals surface area (Å²) in [6.07, 6.45) is 6.36. The number of benzene rings is 2. The number of rotatable bonds is 4. The molecule has 176 valence electrons. The van der Waals surface area contributed by atoms with E-state index >= 15 is 4.39 Å². The predicted molar refractivity (Wildman–Crippen MR) is 133 cm³/mol. The molecular weight excluding hydrogens is 474 g/mol. The molecule has 0 spiro atoms. The number of anilines is 2. The third-order valence-corrected chi connectivity index (χ3v) is 8.44. The Kier molecular flexibility index (Phi) is 4.98. The molecule has 0 radical (unpaired) electrons. The number of amides is 1. The fraction of sp³-hybridized carbons (Fsp3) is 0.385. The van der Waals surface area contributed by atoms with Crippen LogP contribution in [0.3, 0.4) is 0 Å². The van der Waals surface area contributed by atoms with Gasteiger partial charge in [0.2, 0.25) is 5.95 Å². The third kappa shape index (κ3) is 3.42. The second kappa shape index (κ2) is 7.72. The molecule has 1 heterocycles. The number of carbonyl (C=O) groups excluding carboxylic acids is 1. The van der Waals surface area contributed by atoms with Crippen LogP contribution in [0.1, 0.15) is 43.0 Å². The molecule has 3 aromatic rings. The standard InChI is InChI=1S/C26H25Cl2FN4O/c1-13-6-14-7-15-11-26(10-13,12-17(14)15)32-24(34)16-8-21-22(9-20(16)29)33(2)25(30-21)31-23-18(27)4-3-5-19(23)28/h3-6,8-9,13,15,17H,7,10-12H2,1-2H3,(H,30,31)(H,32,34). The molecule has 6 rings (SSSR count). The lowest BCUT2D eigenvalue weighted by atomic mass is 9.70. The summed E-state index contributed by atoms with van der Waals surface area (Å²) in [7, 11) is 1.77. The molecule has 1 amide bonds. The summed E-state index contributed by atoms with van der Waals surface area (Å²) >= 11 is 12.6. The van der Waals surface area contributed by atoms with Crippen molar-refractivity contribution in [3.8, 4) is 0 Å². The van der Waals surface area contributed by atoms with E-state index in [0.29, 0.717) is 50.5 Å². The van der Waals surface area contributed by atoms with Crippen LogP contribution in [0.25, 0.3) is 11.0 Å². The molecule has 2 bridgehead atoms. The van der Waals surface area contributed by atoms with Crippen LogP contribution >= 0.6 is 23.2 Å². The van der Waals surface area contributed by atoms with E-state index in [2.05, 4.69) is 28.6 Å². The minimum atomic E-state index is -0.562. The molecule has 2 saturated carbocycles. The van der Waals surface area contributed by atoms with Gasteiger partial charge in [-0.15, -0.1) is 0 Å². The van der Waals surface area contributed by atoms with E-state index in [1.54, 1.807) is 35.4 Å². The Labute approximate surface area is 207 Å². The highest BCUT2D eigenvalue weighted by atomic mass is 35.5. The zero-order chi connectivity index (χ0) is 23.8. The summed E-state index contributed by atoms with van der Waals surface area (Å²) in [6, 6.07) is 8.10. The molecular formula is C26H25Cl2FN4O. The van der Waals surface area contributed by atoms with Gasteiger partial charge < -0.3 is 15.2 Å².